The number of aromatic nitrogens is 1. The molecule has 94 valence electrons. The van der Waals surface area contributed by atoms with Gasteiger partial charge in [-0.1, -0.05) is 0 Å². The topological polar surface area (TPSA) is 43.4 Å². The molecule has 1 N–H and O–H groups in total. The third kappa shape index (κ3) is 2.06. The number of anilines is 1. The molecule has 0 saturated carbocycles. The summed E-state index contributed by atoms with van der Waals surface area (Å²) in [5.74, 6) is 3.56. The number of fused-ring (bicyclic) bond motifs is 2. The van der Waals surface area contributed by atoms with Crippen LogP contribution in [0.5, 0.6) is 11.5 Å². The van der Waals surface area contributed by atoms with E-state index < -0.39 is 0 Å². The van der Waals surface area contributed by atoms with Crippen LogP contribution in [0.25, 0.3) is 10.8 Å². The lowest BCUT2D eigenvalue weighted by atomic mass is 10.1. The average molecular weight is 262 g/mol. The molecule has 18 heavy (non-hydrogen) atoms. The first-order chi connectivity index (χ1) is 8.88. The van der Waals surface area contributed by atoms with E-state index in [-0.39, 0.29) is 0 Å². The number of pyridine rings is 1. The van der Waals surface area contributed by atoms with Crippen molar-refractivity contribution in [1.29, 1.82) is 0 Å². The summed E-state index contributed by atoms with van der Waals surface area (Å²) in [6, 6.07) is 5.97. The molecule has 0 unspecified atom stereocenters. The zero-order valence-electron chi connectivity index (χ0n) is 10.1. The van der Waals surface area contributed by atoms with Gasteiger partial charge in [-0.25, -0.2) is 4.98 Å². The second-order valence-electron chi connectivity index (χ2n) is 4.01. The lowest BCUT2D eigenvalue weighted by molar-refractivity contribution is 0.174. The molecule has 5 heteroatoms. The van der Waals surface area contributed by atoms with Crippen LogP contribution in [-0.2, 0) is 0 Å². The van der Waals surface area contributed by atoms with E-state index >= 15 is 0 Å². The van der Waals surface area contributed by atoms with E-state index in [9.17, 15) is 0 Å². The number of thioether (sulfide) groups is 1. The van der Waals surface area contributed by atoms with E-state index in [0.717, 1.165) is 40.4 Å². The molecule has 3 rings (SSSR count). The second-order valence-corrected chi connectivity index (χ2v) is 4.99. The minimum Gasteiger partial charge on any atom is -0.454 e. The van der Waals surface area contributed by atoms with Gasteiger partial charge in [0.05, 0.1) is 0 Å². The summed E-state index contributed by atoms with van der Waals surface area (Å²) < 4.78 is 10.8. The highest BCUT2D eigenvalue weighted by atomic mass is 32.2. The van der Waals surface area contributed by atoms with Crippen molar-refractivity contribution in [2.75, 3.05) is 30.7 Å². The molecule has 1 aliphatic heterocycles. The zero-order valence-corrected chi connectivity index (χ0v) is 10.9. The Hall–Kier alpha value is -1.62. The van der Waals surface area contributed by atoms with Crippen LogP contribution >= 0.6 is 11.8 Å². The summed E-state index contributed by atoms with van der Waals surface area (Å²) >= 11 is 1.81. The van der Waals surface area contributed by atoms with Crippen LogP contribution in [0.1, 0.15) is 0 Å². The van der Waals surface area contributed by atoms with Gasteiger partial charge in [0.2, 0.25) is 6.79 Å². The average Bonchev–Trinajstić information content (AvgIpc) is 2.84. The summed E-state index contributed by atoms with van der Waals surface area (Å²) in [6.45, 7) is 1.20. The van der Waals surface area contributed by atoms with E-state index in [1.54, 1.807) is 0 Å². The quantitative estimate of drug-likeness (QED) is 0.858. The van der Waals surface area contributed by atoms with Gasteiger partial charge >= 0.3 is 0 Å². The number of rotatable bonds is 4. The van der Waals surface area contributed by atoms with Gasteiger partial charge in [0.25, 0.3) is 0 Å². The zero-order chi connectivity index (χ0) is 12.4. The fourth-order valence-electron chi connectivity index (χ4n) is 1.97. The molecule has 2 aromatic rings. The van der Waals surface area contributed by atoms with Gasteiger partial charge in [0, 0.05) is 23.9 Å². The Morgan fingerprint density at radius 1 is 1.33 bits per heavy atom. The number of nitrogens with one attached hydrogen (secondary N) is 1. The molecule has 0 saturated heterocycles. The summed E-state index contributed by atoms with van der Waals surface area (Å²) in [5.41, 5.74) is 0. The maximum Gasteiger partial charge on any atom is 0.231 e. The Balaban J connectivity index is 1.99. The molecule has 0 bridgehead atoms. The smallest absolute Gasteiger partial charge is 0.231 e. The van der Waals surface area contributed by atoms with Crippen molar-refractivity contribution in [3.8, 4) is 11.5 Å². The number of hydrogen-bond donors (Lipinski definition) is 1. The van der Waals surface area contributed by atoms with Crippen molar-refractivity contribution in [3.05, 3.63) is 24.4 Å². The molecule has 1 aromatic heterocycles. The van der Waals surface area contributed by atoms with Gasteiger partial charge in [-0.15, -0.1) is 0 Å². The Bertz CT molecular complexity index is 574. The summed E-state index contributed by atoms with van der Waals surface area (Å²) in [6.07, 6.45) is 3.90. The maximum atomic E-state index is 5.41. The minimum atomic E-state index is 0.300. The Kier molecular flexibility index (Phi) is 3.15. The van der Waals surface area contributed by atoms with Gasteiger partial charge < -0.3 is 14.8 Å². The molecule has 0 spiro atoms. The summed E-state index contributed by atoms with van der Waals surface area (Å²) in [4.78, 5) is 4.39. The number of benzene rings is 1. The first kappa shape index (κ1) is 11.5. The predicted molar refractivity (Wildman–Crippen MR) is 74.7 cm³/mol. The predicted octanol–water partition coefficient (Wildman–Crippen LogP) is 2.74. The van der Waals surface area contributed by atoms with Crippen LogP contribution in [0.4, 0.5) is 5.82 Å². The van der Waals surface area contributed by atoms with Crippen LogP contribution in [0.15, 0.2) is 24.4 Å². The highest BCUT2D eigenvalue weighted by Gasteiger charge is 2.15. The van der Waals surface area contributed by atoms with Gasteiger partial charge in [0.1, 0.15) is 5.82 Å². The Morgan fingerprint density at radius 2 is 2.17 bits per heavy atom. The van der Waals surface area contributed by atoms with E-state index in [1.807, 2.05) is 36.2 Å². The molecule has 1 aromatic carbocycles. The summed E-state index contributed by atoms with van der Waals surface area (Å²) in [7, 11) is 0. The molecule has 0 amide bonds. The Labute approximate surface area is 110 Å². The van der Waals surface area contributed by atoms with Crippen LogP contribution in [0, 0.1) is 0 Å². The van der Waals surface area contributed by atoms with Crippen molar-refractivity contribution in [2.45, 2.75) is 0 Å². The third-order valence-electron chi connectivity index (χ3n) is 2.86. The Morgan fingerprint density at radius 3 is 3.00 bits per heavy atom. The second kappa shape index (κ2) is 4.94. The van der Waals surface area contributed by atoms with Crippen molar-refractivity contribution in [1.82, 2.24) is 4.98 Å². The largest absolute Gasteiger partial charge is 0.454 e. The monoisotopic (exact) mass is 262 g/mol. The van der Waals surface area contributed by atoms with E-state index in [2.05, 4.69) is 16.6 Å². The fourth-order valence-corrected chi connectivity index (χ4v) is 2.28. The highest BCUT2D eigenvalue weighted by Crippen LogP contribution is 2.37. The van der Waals surface area contributed by atoms with Gasteiger partial charge in [0.15, 0.2) is 11.5 Å². The third-order valence-corrected chi connectivity index (χ3v) is 3.47. The molecule has 0 radical (unpaired) electrons. The fraction of sp³-hybridized carbons (Fsp3) is 0.308. The van der Waals surface area contributed by atoms with Crippen LogP contribution in [-0.4, -0.2) is 30.3 Å². The lowest BCUT2D eigenvalue weighted by Crippen LogP contribution is -2.05. The molecular weight excluding hydrogens is 248 g/mol. The summed E-state index contributed by atoms with van der Waals surface area (Å²) in [5, 5.41) is 5.54. The number of ether oxygens (including phenoxy) is 2. The molecule has 0 aliphatic carbocycles. The van der Waals surface area contributed by atoms with E-state index in [0.29, 0.717) is 6.79 Å². The van der Waals surface area contributed by atoms with Crippen molar-refractivity contribution >= 4 is 28.4 Å². The van der Waals surface area contributed by atoms with E-state index in [1.165, 1.54) is 0 Å². The van der Waals surface area contributed by atoms with Crippen molar-refractivity contribution in [2.24, 2.45) is 0 Å². The van der Waals surface area contributed by atoms with E-state index in [4.69, 9.17) is 9.47 Å². The number of hydrogen-bond acceptors (Lipinski definition) is 5. The molecule has 0 fully saturated rings. The van der Waals surface area contributed by atoms with Crippen LogP contribution in [0.3, 0.4) is 0 Å². The van der Waals surface area contributed by atoms with Crippen molar-refractivity contribution in [3.63, 3.8) is 0 Å². The molecule has 2 heterocycles. The molecular formula is C13H14N2O2S. The first-order valence-corrected chi connectivity index (χ1v) is 7.19. The van der Waals surface area contributed by atoms with Gasteiger partial charge in [-0.3, -0.25) is 0 Å². The number of nitrogens with zero attached hydrogens (tertiary/aromatic N) is 1. The first-order valence-electron chi connectivity index (χ1n) is 5.79. The molecule has 0 atom stereocenters. The van der Waals surface area contributed by atoms with Gasteiger partial charge in [-0.2, -0.15) is 11.8 Å². The van der Waals surface area contributed by atoms with Crippen molar-refractivity contribution < 1.29 is 9.47 Å². The maximum absolute atomic E-state index is 5.41. The minimum absolute atomic E-state index is 0.300. The SMILES string of the molecule is CSCCNc1nccc2cc3c(cc12)OCO3. The van der Waals surface area contributed by atoms with Gasteiger partial charge in [-0.05, 0) is 29.8 Å². The standard InChI is InChI=1S/C13H14N2O2S/c1-18-5-4-15-13-10-7-12-11(16-8-17-12)6-9(10)2-3-14-13/h2-3,6-7H,4-5,8H2,1H3,(H,14,15). The lowest BCUT2D eigenvalue weighted by Gasteiger charge is -2.08. The molecule has 4 nitrogen and oxygen atoms in total. The molecule has 1 aliphatic rings. The van der Waals surface area contributed by atoms with Crippen LogP contribution < -0.4 is 14.8 Å². The normalized spacial score (nSPS) is 12.9. The van der Waals surface area contributed by atoms with Crippen LogP contribution in [0.2, 0.25) is 0 Å². The highest BCUT2D eigenvalue weighted by molar-refractivity contribution is 7.98.